The second-order valence-electron chi connectivity index (χ2n) is 5.05. The molecule has 4 nitrogen and oxygen atoms in total. The van der Waals surface area contributed by atoms with Crippen LogP contribution in [0, 0.1) is 0 Å². The topological polar surface area (TPSA) is 51.2 Å². The van der Waals surface area contributed by atoms with E-state index < -0.39 is 5.41 Å². The van der Waals surface area contributed by atoms with Gasteiger partial charge in [0.15, 0.2) is 0 Å². The molecule has 3 heterocycles. The Balaban J connectivity index is 2.22. The number of rotatable bonds is 0. The number of pyridine rings is 1. The van der Waals surface area contributed by atoms with Gasteiger partial charge in [-0.1, -0.05) is 6.07 Å². The Labute approximate surface area is 94.0 Å². The zero-order valence-electron chi connectivity index (χ0n) is 9.41. The van der Waals surface area contributed by atoms with E-state index in [4.69, 9.17) is 4.74 Å². The molecule has 1 aromatic rings. The molecule has 0 radical (unpaired) electrons. The summed E-state index contributed by atoms with van der Waals surface area (Å²) in [5.74, 6) is 0.0296. The number of ether oxygens (including phenoxy) is 1. The minimum atomic E-state index is -0.558. The van der Waals surface area contributed by atoms with Crippen molar-refractivity contribution in [3.63, 3.8) is 0 Å². The van der Waals surface area contributed by atoms with Crippen LogP contribution >= 0.6 is 0 Å². The molecule has 0 saturated carbocycles. The van der Waals surface area contributed by atoms with Crippen LogP contribution in [0.1, 0.15) is 25.1 Å². The highest BCUT2D eigenvalue weighted by Crippen LogP contribution is 2.40. The van der Waals surface area contributed by atoms with Gasteiger partial charge in [-0.15, -0.1) is 0 Å². The van der Waals surface area contributed by atoms with Crippen molar-refractivity contribution in [2.45, 2.75) is 24.8 Å². The van der Waals surface area contributed by atoms with Crippen molar-refractivity contribution in [1.29, 1.82) is 0 Å². The lowest BCUT2D eigenvalue weighted by molar-refractivity contribution is -0.141. The van der Waals surface area contributed by atoms with Gasteiger partial charge in [0, 0.05) is 11.8 Å². The van der Waals surface area contributed by atoms with E-state index in [9.17, 15) is 4.79 Å². The Morgan fingerprint density at radius 2 is 2.19 bits per heavy atom. The molecule has 1 N–H and O–H groups in total. The smallest absolute Gasteiger partial charge is 0.232 e. The van der Waals surface area contributed by atoms with Crippen LogP contribution in [0.25, 0.3) is 0 Å². The van der Waals surface area contributed by atoms with E-state index in [0.717, 1.165) is 11.3 Å². The first-order chi connectivity index (χ1) is 7.56. The summed E-state index contributed by atoms with van der Waals surface area (Å²) < 4.78 is 5.25. The van der Waals surface area contributed by atoms with Gasteiger partial charge in [0.05, 0.1) is 24.3 Å². The summed E-state index contributed by atoms with van der Waals surface area (Å²) >= 11 is 0. The number of aromatic nitrogens is 1. The van der Waals surface area contributed by atoms with Gasteiger partial charge in [-0.3, -0.25) is 9.78 Å². The monoisotopic (exact) mass is 218 g/mol. The molecule has 0 aromatic carbocycles. The Morgan fingerprint density at radius 3 is 2.81 bits per heavy atom. The van der Waals surface area contributed by atoms with Crippen LogP contribution in [0.3, 0.4) is 0 Å². The van der Waals surface area contributed by atoms with E-state index in [2.05, 4.69) is 10.3 Å². The van der Waals surface area contributed by atoms with Crippen molar-refractivity contribution in [2.75, 3.05) is 13.2 Å². The zero-order chi connectivity index (χ0) is 11.4. The van der Waals surface area contributed by atoms with Crippen LogP contribution in [-0.2, 0) is 20.5 Å². The first kappa shape index (κ1) is 9.78. The lowest BCUT2D eigenvalue weighted by Crippen LogP contribution is -2.66. The molecular formula is C12H14N2O2. The Hall–Kier alpha value is -1.42. The SMILES string of the molecule is CC1(C)C(=O)NC2(COC2)c2cccnc21. The molecule has 84 valence electrons. The highest BCUT2D eigenvalue weighted by atomic mass is 16.5. The number of fused-ring (bicyclic) bond motifs is 2. The number of nitrogens with zero attached hydrogens (tertiary/aromatic N) is 1. The number of carbonyl (C=O) groups excluding carboxylic acids is 1. The van der Waals surface area contributed by atoms with Gasteiger partial charge < -0.3 is 10.1 Å². The molecule has 1 spiro atoms. The lowest BCUT2D eigenvalue weighted by atomic mass is 9.73. The third kappa shape index (κ3) is 1.02. The fourth-order valence-corrected chi connectivity index (χ4v) is 2.37. The summed E-state index contributed by atoms with van der Waals surface area (Å²) in [5, 5.41) is 3.07. The third-order valence-electron chi connectivity index (χ3n) is 3.53. The van der Waals surface area contributed by atoms with Crippen molar-refractivity contribution >= 4 is 5.91 Å². The van der Waals surface area contributed by atoms with E-state index in [1.54, 1.807) is 6.20 Å². The molecular weight excluding hydrogens is 204 g/mol. The summed E-state index contributed by atoms with van der Waals surface area (Å²) in [6.45, 7) is 4.90. The average molecular weight is 218 g/mol. The molecule has 1 aromatic heterocycles. The Bertz CT molecular complexity index is 464. The molecule has 1 fully saturated rings. The average Bonchev–Trinajstić information content (AvgIpc) is 2.22. The second kappa shape index (κ2) is 2.83. The van der Waals surface area contributed by atoms with Gasteiger partial charge in [-0.25, -0.2) is 0 Å². The van der Waals surface area contributed by atoms with Crippen LogP contribution in [0.5, 0.6) is 0 Å². The first-order valence-corrected chi connectivity index (χ1v) is 5.43. The molecule has 0 aliphatic carbocycles. The van der Waals surface area contributed by atoms with E-state index in [0.29, 0.717) is 13.2 Å². The van der Waals surface area contributed by atoms with Crippen molar-refractivity contribution < 1.29 is 9.53 Å². The minimum Gasteiger partial charge on any atom is -0.376 e. The van der Waals surface area contributed by atoms with E-state index >= 15 is 0 Å². The fourth-order valence-electron chi connectivity index (χ4n) is 2.37. The number of hydrogen-bond donors (Lipinski definition) is 1. The molecule has 3 rings (SSSR count). The maximum absolute atomic E-state index is 12.1. The lowest BCUT2D eigenvalue weighted by Gasteiger charge is -2.49. The van der Waals surface area contributed by atoms with Crippen LogP contribution in [0.15, 0.2) is 18.3 Å². The molecule has 4 heteroatoms. The molecule has 1 saturated heterocycles. The molecule has 16 heavy (non-hydrogen) atoms. The molecule has 0 unspecified atom stereocenters. The molecule has 0 bridgehead atoms. The molecule has 0 atom stereocenters. The second-order valence-corrected chi connectivity index (χ2v) is 5.05. The van der Waals surface area contributed by atoms with E-state index in [1.807, 2.05) is 26.0 Å². The Morgan fingerprint density at radius 1 is 1.44 bits per heavy atom. The van der Waals surface area contributed by atoms with Gasteiger partial charge in [-0.2, -0.15) is 0 Å². The standard InChI is InChI=1S/C12H14N2O2/c1-11(2)9-8(4-3-5-13-9)12(6-16-7-12)14-10(11)15/h3-5H,6-7H2,1-2H3,(H,14,15). The maximum Gasteiger partial charge on any atom is 0.232 e. The van der Waals surface area contributed by atoms with Gasteiger partial charge in [0.25, 0.3) is 0 Å². The van der Waals surface area contributed by atoms with Crippen molar-refractivity contribution in [2.24, 2.45) is 0 Å². The van der Waals surface area contributed by atoms with Crippen molar-refractivity contribution in [3.05, 3.63) is 29.6 Å². The zero-order valence-corrected chi connectivity index (χ0v) is 9.41. The molecule has 2 aliphatic heterocycles. The van der Waals surface area contributed by atoms with Crippen molar-refractivity contribution in [1.82, 2.24) is 10.3 Å². The Kier molecular flexibility index (Phi) is 1.73. The van der Waals surface area contributed by atoms with E-state index in [1.165, 1.54) is 0 Å². The highest BCUT2D eigenvalue weighted by Gasteiger charge is 2.52. The summed E-state index contributed by atoms with van der Waals surface area (Å²) in [6, 6.07) is 3.94. The summed E-state index contributed by atoms with van der Waals surface area (Å²) in [6.07, 6.45) is 1.74. The number of hydrogen-bond acceptors (Lipinski definition) is 3. The van der Waals surface area contributed by atoms with Crippen LogP contribution in [0.2, 0.25) is 0 Å². The molecule has 2 aliphatic rings. The summed E-state index contributed by atoms with van der Waals surface area (Å²) in [5.41, 5.74) is 1.10. The van der Waals surface area contributed by atoms with Gasteiger partial charge in [0.2, 0.25) is 5.91 Å². The first-order valence-electron chi connectivity index (χ1n) is 5.43. The minimum absolute atomic E-state index is 0.0296. The van der Waals surface area contributed by atoms with E-state index in [-0.39, 0.29) is 11.4 Å². The third-order valence-corrected chi connectivity index (χ3v) is 3.53. The highest BCUT2D eigenvalue weighted by molar-refractivity contribution is 5.90. The van der Waals surface area contributed by atoms with Crippen LogP contribution < -0.4 is 5.32 Å². The number of amides is 1. The van der Waals surface area contributed by atoms with Gasteiger partial charge >= 0.3 is 0 Å². The molecule has 1 amide bonds. The number of nitrogens with one attached hydrogen (secondary N) is 1. The summed E-state index contributed by atoms with van der Waals surface area (Å²) in [7, 11) is 0. The van der Waals surface area contributed by atoms with Crippen LogP contribution in [0.4, 0.5) is 0 Å². The quantitative estimate of drug-likeness (QED) is 0.698. The summed E-state index contributed by atoms with van der Waals surface area (Å²) in [4.78, 5) is 16.5. The fraction of sp³-hybridized carbons (Fsp3) is 0.500. The normalized spacial score (nSPS) is 24.5. The number of carbonyl (C=O) groups is 1. The van der Waals surface area contributed by atoms with Crippen molar-refractivity contribution in [3.8, 4) is 0 Å². The predicted molar refractivity (Wildman–Crippen MR) is 57.9 cm³/mol. The van der Waals surface area contributed by atoms with Gasteiger partial charge in [0.1, 0.15) is 5.54 Å². The predicted octanol–water partition coefficient (Wildman–Crippen LogP) is 0.714. The van der Waals surface area contributed by atoms with Crippen LogP contribution in [-0.4, -0.2) is 24.1 Å². The maximum atomic E-state index is 12.1. The van der Waals surface area contributed by atoms with Gasteiger partial charge in [-0.05, 0) is 19.9 Å². The largest absolute Gasteiger partial charge is 0.376 e.